The third kappa shape index (κ3) is 2.96. The lowest BCUT2D eigenvalue weighted by Crippen LogP contribution is -2.22. The van der Waals surface area contributed by atoms with Crippen LogP contribution in [0.1, 0.15) is 12.8 Å². The van der Waals surface area contributed by atoms with Crippen LogP contribution < -0.4 is 11.3 Å². The van der Waals surface area contributed by atoms with Gasteiger partial charge in [0.15, 0.2) is 0 Å². The van der Waals surface area contributed by atoms with Gasteiger partial charge < -0.3 is 14.9 Å². The summed E-state index contributed by atoms with van der Waals surface area (Å²) in [5.41, 5.74) is 5.76. The largest absolute Gasteiger partial charge is 0.394 e. The second-order valence-corrected chi connectivity index (χ2v) is 3.97. The highest BCUT2D eigenvalue weighted by molar-refractivity contribution is 5.33. The van der Waals surface area contributed by atoms with Crippen LogP contribution in [0.4, 0.5) is 5.69 Å². The van der Waals surface area contributed by atoms with Crippen molar-refractivity contribution in [1.82, 2.24) is 14.1 Å². The predicted octanol–water partition coefficient (Wildman–Crippen LogP) is 1.11. The molecule has 2 N–H and O–H groups in total. The molecule has 2 rings (SSSR count). The fourth-order valence-corrected chi connectivity index (χ4v) is 1.73. The second kappa shape index (κ2) is 5.34. The average Bonchev–Trinajstić information content (AvgIpc) is 2.83. The van der Waals surface area contributed by atoms with Crippen molar-refractivity contribution in [3.8, 4) is 0 Å². The summed E-state index contributed by atoms with van der Waals surface area (Å²) in [6.45, 7) is 1.63. The SMILES string of the molecule is Nc1cccn(CCCCn2ccnc2)c1=O. The summed E-state index contributed by atoms with van der Waals surface area (Å²) in [5.74, 6) is 0. The Kier molecular flexibility index (Phi) is 3.59. The van der Waals surface area contributed by atoms with Crippen molar-refractivity contribution in [1.29, 1.82) is 0 Å². The number of rotatable bonds is 5. The molecular formula is C12H16N4O. The molecule has 2 aromatic heterocycles. The standard InChI is InChI=1S/C12H16N4O/c13-11-4-3-8-16(12(11)17)7-2-1-6-15-9-5-14-10-15/h3-5,8-10H,1-2,6-7,13H2. The number of nitrogen functional groups attached to an aromatic ring is 1. The van der Waals surface area contributed by atoms with E-state index in [0.29, 0.717) is 12.2 Å². The maximum absolute atomic E-state index is 11.6. The number of imidazole rings is 1. The number of unbranched alkanes of at least 4 members (excludes halogenated alkanes) is 1. The number of hydrogen-bond acceptors (Lipinski definition) is 3. The number of pyridine rings is 1. The molecule has 0 saturated heterocycles. The van der Waals surface area contributed by atoms with E-state index in [2.05, 4.69) is 4.98 Å². The zero-order valence-corrected chi connectivity index (χ0v) is 9.62. The van der Waals surface area contributed by atoms with Crippen LogP contribution in [0, 0.1) is 0 Å². The first kappa shape index (κ1) is 11.4. The van der Waals surface area contributed by atoms with Crippen LogP contribution in [-0.2, 0) is 13.1 Å². The van der Waals surface area contributed by atoms with Gasteiger partial charge >= 0.3 is 0 Å². The minimum atomic E-state index is -0.102. The monoisotopic (exact) mass is 232 g/mol. The summed E-state index contributed by atoms with van der Waals surface area (Å²) in [4.78, 5) is 15.6. The Morgan fingerprint density at radius 2 is 2.06 bits per heavy atom. The lowest BCUT2D eigenvalue weighted by Gasteiger charge is -2.06. The molecule has 0 saturated carbocycles. The van der Waals surface area contributed by atoms with Crippen LogP contribution in [0.5, 0.6) is 0 Å². The molecule has 17 heavy (non-hydrogen) atoms. The van der Waals surface area contributed by atoms with Gasteiger partial charge in [0.25, 0.3) is 5.56 Å². The zero-order chi connectivity index (χ0) is 12.1. The first-order valence-electron chi connectivity index (χ1n) is 5.68. The van der Waals surface area contributed by atoms with Gasteiger partial charge in [-0.2, -0.15) is 0 Å². The van der Waals surface area contributed by atoms with Crippen LogP contribution >= 0.6 is 0 Å². The summed E-state index contributed by atoms with van der Waals surface area (Å²) in [6, 6.07) is 3.43. The van der Waals surface area contributed by atoms with E-state index in [1.54, 1.807) is 35.4 Å². The molecule has 0 unspecified atom stereocenters. The van der Waals surface area contributed by atoms with Crippen LogP contribution in [0.3, 0.4) is 0 Å². The molecule has 0 aromatic carbocycles. The van der Waals surface area contributed by atoms with E-state index in [9.17, 15) is 4.79 Å². The zero-order valence-electron chi connectivity index (χ0n) is 9.62. The minimum Gasteiger partial charge on any atom is -0.394 e. The molecule has 0 aliphatic rings. The van der Waals surface area contributed by atoms with Gasteiger partial charge in [0.05, 0.1) is 12.0 Å². The van der Waals surface area contributed by atoms with Gasteiger partial charge in [-0.1, -0.05) is 0 Å². The molecule has 90 valence electrons. The van der Waals surface area contributed by atoms with E-state index in [-0.39, 0.29) is 5.56 Å². The molecule has 0 aliphatic carbocycles. The normalized spacial score (nSPS) is 10.6. The first-order chi connectivity index (χ1) is 8.27. The molecule has 0 bridgehead atoms. The smallest absolute Gasteiger partial charge is 0.273 e. The van der Waals surface area contributed by atoms with Crippen molar-refractivity contribution >= 4 is 5.69 Å². The molecule has 0 atom stereocenters. The van der Waals surface area contributed by atoms with Gasteiger partial charge in [0.2, 0.25) is 0 Å². The van der Waals surface area contributed by atoms with Crippen LogP contribution in [0.15, 0.2) is 41.8 Å². The Labute approximate surface area is 99.5 Å². The highest BCUT2D eigenvalue weighted by Crippen LogP contribution is 1.99. The van der Waals surface area contributed by atoms with Crippen molar-refractivity contribution in [3.63, 3.8) is 0 Å². The molecular weight excluding hydrogens is 216 g/mol. The van der Waals surface area contributed by atoms with Gasteiger partial charge in [0.1, 0.15) is 0 Å². The van der Waals surface area contributed by atoms with E-state index in [0.717, 1.165) is 19.4 Å². The second-order valence-electron chi connectivity index (χ2n) is 3.97. The summed E-state index contributed by atoms with van der Waals surface area (Å²) < 4.78 is 3.69. The number of nitrogens with two attached hydrogens (primary N) is 1. The highest BCUT2D eigenvalue weighted by Gasteiger charge is 1.98. The maximum Gasteiger partial charge on any atom is 0.273 e. The fourth-order valence-electron chi connectivity index (χ4n) is 1.73. The number of hydrogen-bond donors (Lipinski definition) is 1. The number of nitrogens with zero attached hydrogens (tertiary/aromatic N) is 3. The quantitative estimate of drug-likeness (QED) is 0.785. The van der Waals surface area contributed by atoms with E-state index in [4.69, 9.17) is 5.73 Å². The van der Waals surface area contributed by atoms with Gasteiger partial charge in [-0.15, -0.1) is 0 Å². The molecule has 0 fully saturated rings. The molecule has 5 nitrogen and oxygen atoms in total. The van der Waals surface area contributed by atoms with E-state index >= 15 is 0 Å². The van der Waals surface area contributed by atoms with E-state index < -0.39 is 0 Å². The fraction of sp³-hybridized carbons (Fsp3) is 0.333. The minimum absolute atomic E-state index is 0.102. The molecule has 0 radical (unpaired) electrons. The van der Waals surface area contributed by atoms with E-state index in [1.165, 1.54) is 0 Å². The molecule has 0 aliphatic heterocycles. The number of anilines is 1. The molecule has 2 aromatic rings. The lowest BCUT2D eigenvalue weighted by molar-refractivity contribution is 0.545. The van der Waals surface area contributed by atoms with Crippen molar-refractivity contribution in [2.75, 3.05) is 5.73 Å². The van der Waals surface area contributed by atoms with Crippen molar-refractivity contribution in [3.05, 3.63) is 47.4 Å². The Hall–Kier alpha value is -2.04. The Balaban J connectivity index is 1.82. The molecule has 5 heteroatoms. The molecule has 0 amide bonds. The summed E-state index contributed by atoms with van der Waals surface area (Å²) in [5, 5.41) is 0. The maximum atomic E-state index is 11.6. The number of aryl methyl sites for hydroxylation is 2. The first-order valence-corrected chi connectivity index (χ1v) is 5.68. The van der Waals surface area contributed by atoms with E-state index in [1.807, 2.05) is 10.8 Å². The van der Waals surface area contributed by atoms with Crippen molar-refractivity contribution < 1.29 is 0 Å². The average molecular weight is 232 g/mol. The van der Waals surface area contributed by atoms with Crippen LogP contribution in [0.25, 0.3) is 0 Å². The lowest BCUT2D eigenvalue weighted by atomic mass is 10.3. The third-order valence-electron chi connectivity index (χ3n) is 2.67. The molecule has 2 heterocycles. The van der Waals surface area contributed by atoms with Gasteiger partial charge in [-0.3, -0.25) is 4.79 Å². The van der Waals surface area contributed by atoms with Gasteiger partial charge in [-0.25, -0.2) is 4.98 Å². The third-order valence-corrected chi connectivity index (χ3v) is 2.67. The van der Waals surface area contributed by atoms with Crippen molar-refractivity contribution in [2.24, 2.45) is 0 Å². The Morgan fingerprint density at radius 1 is 1.24 bits per heavy atom. The van der Waals surface area contributed by atoms with Crippen molar-refractivity contribution in [2.45, 2.75) is 25.9 Å². The topological polar surface area (TPSA) is 65.8 Å². The predicted molar refractivity (Wildman–Crippen MR) is 66.6 cm³/mol. The summed E-state index contributed by atoms with van der Waals surface area (Å²) in [7, 11) is 0. The van der Waals surface area contributed by atoms with Gasteiger partial charge in [-0.05, 0) is 25.0 Å². The summed E-state index contributed by atoms with van der Waals surface area (Å²) in [6.07, 6.45) is 9.23. The highest BCUT2D eigenvalue weighted by atomic mass is 16.1. The van der Waals surface area contributed by atoms with Crippen LogP contribution in [-0.4, -0.2) is 14.1 Å². The molecule has 0 spiro atoms. The Morgan fingerprint density at radius 3 is 2.82 bits per heavy atom. The number of aromatic nitrogens is 3. The summed E-state index contributed by atoms with van der Waals surface area (Å²) >= 11 is 0. The van der Waals surface area contributed by atoms with Crippen LogP contribution in [0.2, 0.25) is 0 Å². The Bertz CT molecular complexity index is 516. The van der Waals surface area contributed by atoms with Gasteiger partial charge in [0, 0.05) is 31.7 Å².